The summed E-state index contributed by atoms with van der Waals surface area (Å²) in [5.74, 6) is -1.17. The van der Waals surface area contributed by atoms with Crippen LogP contribution in [0.4, 0.5) is 10.1 Å². The van der Waals surface area contributed by atoms with Crippen molar-refractivity contribution in [2.45, 2.75) is 26.7 Å². The average molecular weight is 329 g/mol. The van der Waals surface area contributed by atoms with Gasteiger partial charge >= 0.3 is 5.97 Å². The Hall–Kier alpha value is -2.69. The molecule has 0 aromatic heterocycles. The lowest BCUT2D eigenvalue weighted by Crippen LogP contribution is -2.21. The first kappa shape index (κ1) is 17.7. The van der Waals surface area contributed by atoms with Crippen molar-refractivity contribution in [3.8, 4) is 0 Å². The van der Waals surface area contributed by atoms with Gasteiger partial charge in [-0.25, -0.2) is 9.18 Å². The number of nitrogens with one attached hydrogen (secondary N) is 1. The zero-order valence-electron chi connectivity index (χ0n) is 13.9. The van der Waals surface area contributed by atoms with Crippen molar-refractivity contribution in [1.82, 2.24) is 0 Å². The van der Waals surface area contributed by atoms with E-state index in [0.29, 0.717) is 17.2 Å². The summed E-state index contributed by atoms with van der Waals surface area (Å²) in [6.07, 6.45) is 0. The van der Waals surface area contributed by atoms with Crippen LogP contribution in [-0.4, -0.2) is 18.5 Å². The van der Waals surface area contributed by atoms with Gasteiger partial charge in [0.2, 0.25) is 0 Å². The molecular formula is C19H20FNO3. The average Bonchev–Trinajstić information content (AvgIpc) is 2.56. The molecule has 1 amide bonds. The molecule has 2 aromatic carbocycles. The fraction of sp³-hybridized carbons (Fsp3) is 0.263. The lowest BCUT2D eigenvalue weighted by Gasteiger charge is -2.10. The van der Waals surface area contributed by atoms with E-state index >= 15 is 0 Å². The van der Waals surface area contributed by atoms with Crippen molar-refractivity contribution >= 4 is 17.6 Å². The van der Waals surface area contributed by atoms with Crippen LogP contribution in [0.2, 0.25) is 0 Å². The highest BCUT2D eigenvalue weighted by Crippen LogP contribution is 2.16. The van der Waals surface area contributed by atoms with Crippen molar-refractivity contribution in [1.29, 1.82) is 0 Å². The molecule has 4 nitrogen and oxygen atoms in total. The number of hydrogen-bond acceptors (Lipinski definition) is 3. The topological polar surface area (TPSA) is 55.4 Å². The highest BCUT2D eigenvalue weighted by Gasteiger charge is 2.12. The first-order valence-corrected chi connectivity index (χ1v) is 7.70. The molecule has 0 aliphatic rings. The Morgan fingerprint density at radius 1 is 1.12 bits per heavy atom. The number of anilines is 1. The maximum atomic E-state index is 13.2. The van der Waals surface area contributed by atoms with Crippen molar-refractivity contribution in [2.75, 3.05) is 11.9 Å². The van der Waals surface area contributed by atoms with Gasteiger partial charge in [0.1, 0.15) is 5.82 Å². The Morgan fingerprint density at radius 2 is 1.79 bits per heavy atom. The van der Waals surface area contributed by atoms with E-state index in [2.05, 4.69) is 19.2 Å². The number of halogens is 1. The number of hydrogen-bond donors (Lipinski definition) is 1. The van der Waals surface area contributed by atoms with Gasteiger partial charge in [-0.2, -0.15) is 0 Å². The summed E-state index contributed by atoms with van der Waals surface area (Å²) in [6.45, 7) is 5.44. The SMILES string of the molecule is Cc1ccc(F)cc1NC(=O)COC(=O)c1ccc(C(C)C)cc1. The molecule has 0 heterocycles. The van der Waals surface area contributed by atoms with Gasteiger partial charge in [-0.05, 0) is 48.2 Å². The second-order valence-electron chi connectivity index (χ2n) is 5.86. The van der Waals surface area contributed by atoms with Crippen molar-refractivity contribution < 1.29 is 18.7 Å². The number of carbonyl (C=O) groups is 2. The van der Waals surface area contributed by atoms with E-state index in [1.54, 1.807) is 25.1 Å². The van der Waals surface area contributed by atoms with Gasteiger partial charge in [0.05, 0.1) is 5.56 Å². The first-order valence-electron chi connectivity index (χ1n) is 7.70. The Morgan fingerprint density at radius 3 is 2.42 bits per heavy atom. The second kappa shape index (κ2) is 7.73. The molecule has 0 unspecified atom stereocenters. The van der Waals surface area contributed by atoms with Gasteiger partial charge in [0, 0.05) is 5.69 Å². The van der Waals surface area contributed by atoms with Crippen molar-refractivity contribution in [3.63, 3.8) is 0 Å². The van der Waals surface area contributed by atoms with E-state index in [9.17, 15) is 14.0 Å². The summed E-state index contributed by atoms with van der Waals surface area (Å²) in [6, 6.07) is 11.2. The van der Waals surface area contributed by atoms with E-state index in [1.807, 2.05) is 12.1 Å². The highest BCUT2D eigenvalue weighted by molar-refractivity contribution is 5.95. The second-order valence-corrected chi connectivity index (χ2v) is 5.86. The lowest BCUT2D eigenvalue weighted by molar-refractivity contribution is -0.119. The molecule has 0 radical (unpaired) electrons. The number of carbonyl (C=O) groups excluding carboxylic acids is 2. The molecule has 24 heavy (non-hydrogen) atoms. The molecule has 0 fully saturated rings. The van der Waals surface area contributed by atoms with Crippen LogP contribution in [0.15, 0.2) is 42.5 Å². The number of aryl methyl sites for hydroxylation is 1. The van der Waals surface area contributed by atoms with Crippen molar-refractivity contribution in [2.24, 2.45) is 0 Å². The van der Waals surface area contributed by atoms with Crippen molar-refractivity contribution in [3.05, 3.63) is 65.0 Å². The Balaban J connectivity index is 1.91. The minimum Gasteiger partial charge on any atom is -0.452 e. The molecule has 0 atom stereocenters. The fourth-order valence-electron chi connectivity index (χ4n) is 2.13. The summed E-state index contributed by atoms with van der Waals surface area (Å²) in [5, 5.41) is 2.53. The van der Waals surface area contributed by atoms with Gasteiger partial charge in [0.25, 0.3) is 5.91 Å². The van der Waals surface area contributed by atoms with Crippen LogP contribution in [-0.2, 0) is 9.53 Å². The quantitative estimate of drug-likeness (QED) is 0.842. The largest absolute Gasteiger partial charge is 0.452 e. The molecule has 5 heteroatoms. The monoisotopic (exact) mass is 329 g/mol. The molecule has 2 aromatic rings. The molecule has 0 saturated heterocycles. The molecule has 0 aliphatic heterocycles. The highest BCUT2D eigenvalue weighted by atomic mass is 19.1. The number of esters is 1. The Kier molecular flexibility index (Phi) is 5.68. The summed E-state index contributed by atoms with van der Waals surface area (Å²) in [7, 11) is 0. The molecule has 0 bridgehead atoms. The molecule has 0 aliphatic carbocycles. The summed E-state index contributed by atoms with van der Waals surface area (Å²) in [5.41, 5.74) is 2.58. The van der Waals surface area contributed by atoms with Crippen LogP contribution in [0.5, 0.6) is 0 Å². The molecule has 2 rings (SSSR count). The molecule has 1 N–H and O–H groups in total. The fourth-order valence-corrected chi connectivity index (χ4v) is 2.13. The van der Waals surface area contributed by atoms with Gasteiger partial charge in [0.15, 0.2) is 6.61 Å². The lowest BCUT2D eigenvalue weighted by atomic mass is 10.0. The smallest absolute Gasteiger partial charge is 0.338 e. The van der Waals surface area contributed by atoms with E-state index in [0.717, 1.165) is 11.1 Å². The standard InChI is InChI=1S/C19H20FNO3/c1-12(2)14-5-7-15(8-6-14)19(23)24-11-18(22)21-17-10-16(20)9-4-13(17)3/h4-10,12H,11H2,1-3H3,(H,21,22). The van der Waals surface area contributed by atoms with E-state index in [-0.39, 0.29) is 0 Å². The number of amides is 1. The third-order valence-electron chi connectivity index (χ3n) is 3.62. The Bertz CT molecular complexity index is 739. The van der Waals surface area contributed by atoms with E-state index in [1.165, 1.54) is 12.1 Å². The Labute approximate surface area is 140 Å². The van der Waals surface area contributed by atoms with Gasteiger partial charge < -0.3 is 10.1 Å². The van der Waals surface area contributed by atoms with Crippen LogP contribution >= 0.6 is 0 Å². The summed E-state index contributed by atoms with van der Waals surface area (Å²) < 4.78 is 18.2. The van der Waals surface area contributed by atoms with Gasteiger partial charge in [-0.15, -0.1) is 0 Å². The van der Waals surface area contributed by atoms with Gasteiger partial charge in [-0.3, -0.25) is 4.79 Å². The molecule has 0 saturated carbocycles. The molecule has 0 spiro atoms. The van der Waals surface area contributed by atoms with Gasteiger partial charge in [-0.1, -0.05) is 32.0 Å². The van der Waals surface area contributed by atoms with E-state index < -0.39 is 24.3 Å². The third-order valence-corrected chi connectivity index (χ3v) is 3.62. The predicted octanol–water partition coefficient (Wildman–Crippen LogP) is 4.05. The molecular weight excluding hydrogens is 309 g/mol. The van der Waals surface area contributed by atoms with Crippen LogP contribution < -0.4 is 5.32 Å². The van der Waals surface area contributed by atoms with E-state index in [4.69, 9.17) is 4.74 Å². The zero-order valence-corrected chi connectivity index (χ0v) is 13.9. The molecule has 126 valence electrons. The minimum absolute atomic E-state index is 0.359. The maximum Gasteiger partial charge on any atom is 0.338 e. The minimum atomic E-state index is -0.573. The summed E-state index contributed by atoms with van der Waals surface area (Å²) in [4.78, 5) is 23.8. The van der Waals surface area contributed by atoms with Crippen LogP contribution in [0, 0.1) is 12.7 Å². The first-order chi connectivity index (χ1) is 11.4. The maximum absolute atomic E-state index is 13.2. The third kappa shape index (κ3) is 4.65. The van der Waals surface area contributed by atoms with Crippen LogP contribution in [0.25, 0.3) is 0 Å². The number of ether oxygens (including phenoxy) is 1. The normalized spacial score (nSPS) is 10.5. The summed E-state index contributed by atoms with van der Waals surface area (Å²) >= 11 is 0. The zero-order chi connectivity index (χ0) is 17.7. The van der Waals surface area contributed by atoms with Crippen LogP contribution in [0.1, 0.15) is 41.3 Å². The predicted molar refractivity (Wildman–Crippen MR) is 90.6 cm³/mol. The number of rotatable bonds is 5. The van der Waals surface area contributed by atoms with Crippen LogP contribution in [0.3, 0.4) is 0 Å². The number of benzene rings is 2.